The number of hydrogen-bond donors (Lipinski definition) is 3. The van der Waals surface area contributed by atoms with Crippen molar-refractivity contribution in [3.63, 3.8) is 0 Å². The first kappa shape index (κ1) is 15.1. The van der Waals surface area contributed by atoms with Gasteiger partial charge in [-0.2, -0.15) is 0 Å². The molecule has 0 aromatic rings. The van der Waals surface area contributed by atoms with Crippen LogP contribution in [0.2, 0.25) is 0 Å². The summed E-state index contributed by atoms with van der Waals surface area (Å²) in [6.07, 6.45) is 4.30. The van der Waals surface area contributed by atoms with Crippen molar-refractivity contribution in [2.75, 3.05) is 26.3 Å². The molecule has 2 aliphatic rings. The molecule has 6 nitrogen and oxygen atoms in total. The van der Waals surface area contributed by atoms with E-state index in [2.05, 4.69) is 17.6 Å². The number of rotatable bonds is 6. The van der Waals surface area contributed by atoms with Crippen LogP contribution >= 0.6 is 0 Å². The van der Waals surface area contributed by atoms with E-state index in [4.69, 9.17) is 4.74 Å². The maximum absolute atomic E-state index is 11.8. The third-order valence-electron chi connectivity index (χ3n) is 4.82. The van der Waals surface area contributed by atoms with Gasteiger partial charge in [0.05, 0.1) is 5.41 Å². The molecule has 0 unspecified atom stereocenters. The van der Waals surface area contributed by atoms with Crippen LogP contribution in [-0.2, 0) is 9.53 Å². The van der Waals surface area contributed by atoms with E-state index in [1.165, 1.54) is 12.8 Å². The molecule has 1 aliphatic carbocycles. The number of hydrogen-bond acceptors (Lipinski definition) is 3. The van der Waals surface area contributed by atoms with Gasteiger partial charge in [0, 0.05) is 26.3 Å². The number of urea groups is 1. The highest BCUT2D eigenvalue weighted by Gasteiger charge is 2.42. The number of carbonyl (C=O) groups is 2. The Labute approximate surface area is 119 Å². The average Bonchev–Trinajstić information content (AvgIpc) is 3.24. The third kappa shape index (κ3) is 3.42. The smallest absolute Gasteiger partial charge is 0.314 e. The number of carbonyl (C=O) groups excluding carboxylic acids is 1. The van der Waals surface area contributed by atoms with E-state index in [0.717, 1.165) is 6.42 Å². The highest BCUT2D eigenvalue weighted by molar-refractivity contribution is 5.78. The summed E-state index contributed by atoms with van der Waals surface area (Å²) in [7, 11) is 0. The van der Waals surface area contributed by atoms with Crippen LogP contribution < -0.4 is 10.6 Å². The molecule has 20 heavy (non-hydrogen) atoms. The molecule has 0 bridgehead atoms. The topological polar surface area (TPSA) is 87.7 Å². The Kier molecular flexibility index (Phi) is 4.52. The fourth-order valence-electron chi connectivity index (χ4n) is 2.64. The van der Waals surface area contributed by atoms with Crippen LogP contribution in [0.3, 0.4) is 0 Å². The van der Waals surface area contributed by atoms with Gasteiger partial charge >= 0.3 is 12.0 Å². The fraction of sp³-hybridized carbons (Fsp3) is 0.857. The van der Waals surface area contributed by atoms with Crippen molar-refractivity contribution in [3.05, 3.63) is 0 Å². The van der Waals surface area contributed by atoms with Crippen molar-refractivity contribution >= 4 is 12.0 Å². The molecule has 1 saturated carbocycles. The first-order chi connectivity index (χ1) is 9.52. The lowest BCUT2D eigenvalue weighted by Gasteiger charge is -2.33. The molecule has 0 spiro atoms. The van der Waals surface area contributed by atoms with E-state index < -0.39 is 11.4 Å². The van der Waals surface area contributed by atoms with E-state index in [1.54, 1.807) is 0 Å². The van der Waals surface area contributed by atoms with Gasteiger partial charge in [0.15, 0.2) is 0 Å². The van der Waals surface area contributed by atoms with Gasteiger partial charge in [-0.15, -0.1) is 0 Å². The van der Waals surface area contributed by atoms with Crippen molar-refractivity contribution < 1.29 is 19.4 Å². The van der Waals surface area contributed by atoms with E-state index in [-0.39, 0.29) is 12.6 Å². The number of ether oxygens (including phenoxy) is 1. The number of amides is 2. The Morgan fingerprint density at radius 1 is 1.10 bits per heavy atom. The molecule has 1 aliphatic heterocycles. The Morgan fingerprint density at radius 2 is 1.70 bits per heavy atom. The first-order valence-corrected chi connectivity index (χ1v) is 7.35. The maximum atomic E-state index is 11.8. The lowest BCUT2D eigenvalue weighted by Crippen LogP contribution is -2.49. The van der Waals surface area contributed by atoms with Gasteiger partial charge in [-0.05, 0) is 37.5 Å². The summed E-state index contributed by atoms with van der Waals surface area (Å²) in [5.74, 6) is -0.853. The molecular formula is C14H24N2O4. The van der Waals surface area contributed by atoms with Gasteiger partial charge in [0.1, 0.15) is 0 Å². The summed E-state index contributed by atoms with van der Waals surface area (Å²) in [5, 5.41) is 15.0. The van der Waals surface area contributed by atoms with Crippen LogP contribution in [0.5, 0.6) is 0 Å². The predicted octanol–water partition coefficient (Wildman–Crippen LogP) is 1.36. The summed E-state index contributed by atoms with van der Waals surface area (Å²) < 4.78 is 5.21. The Balaban J connectivity index is 1.77. The van der Waals surface area contributed by atoms with E-state index >= 15 is 0 Å². The normalized spacial score (nSPS) is 22.9. The van der Waals surface area contributed by atoms with Gasteiger partial charge in [0.25, 0.3) is 0 Å². The van der Waals surface area contributed by atoms with Crippen molar-refractivity contribution in [3.8, 4) is 0 Å². The summed E-state index contributed by atoms with van der Waals surface area (Å²) in [6, 6.07) is -0.267. The summed E-state index contributed by atoms with van der Waals surface area (Å²) >= 11 is 0. The number of aliphatic carboxylic acids is 1. The molecule has 0 aromatic heterocycles. The third-order valence-corrected chi connectivity index (χ3v) is 4.82. The lowest BCUT2D eigenvalue weighted by atomic mass is 9.80. The molecule has 2 fully saturated rings. The second-order valence-electron chi connectivity index (χ2n) is 6.09. The number of carboxylic acids is 1. The predicted molar refractivity (Wildman–Crippen MR) is 73.5 cm³/mol. The van der Waals surface area contributed by atoms with Crippen LogP contribution in [0.4, 0.5) is 4.79 Å². The van der Waals surface area contributed by atoms with Crippen molar-refractivity contribution in [1.29, 1.82) is 0 Å². The van der Waals surface area contributed by atoms with Gasteiger partial charge in [0.2, 0.25) is 0 Å². The molecule has 6 heteroatoms. The van der Waals surface area contributed by atoms with Gasteiger partial charge in [-0.3, -0.25) is 4.79 Å². The summed E-state index contributed by atoms with van der Waals surface area (Å²) in [4.78, 5) is 23.2. The molecule has 1 heterocycles. The molecule has 3 N–H and O–H groups in total. The molecule has 0 radical (unpaired) electrons. The SMILES string of the molecule is CCC1(CNC(=O)NCC2(C(=O)O)CCOCC2)CC1. The van der Waals surface area contributed by atoms with Gasteiger partial charge < -0.3 is 20.5 Å². The monoisotopic (exact) mass is 284 g/mol. The minimum atomic E-state index is -0.877. The van der Waals surface area contributed by atoms with Crippen LogP contribution in [0.15, 0.2) is 0 Å². The molecule has 2 amide bonds. The second-order valence-corrected chi connectivity index (χ2v) is 6.09. The molecule has 1 saturated heterocycles. The Bertz CT molecular complexity index is 373. The maximum Gasteiger partial charge on any atom is 0.314 e. The van der Waals surface area contributed by atoms with Crippen LogP contribution in [-0.4, -0.2) is 43.4 Å². The van der Waals surface area contributed by atoms with Crippen molar-refractivity contribution in [2.45, 2.75) is 39.0 Å². The Morgan fingerprint density at radius 3 is 2.20 bits per heavy atom. The highest BCUT2D eigenvalue weighted by atomic mass is 16.5. The average molecular weight is 284 g/mol. The molecule has 2 rings (SSSR count). The molecule has 0 atom stereocenters. The van der Waals surface area contributed by atoms with Crippen molar-refractivity contribution in [1.82, 2.24) is 10.6 Å². The zero-order valence-electron chi connectivity index (χ0n) is 12.0. The van der Waals surface area contributed by atoms with Gasteiger partial charge in [-0.1, -0.05) is 6.92 Å². The highest BCUT2D eigenvalue weighted by Crippen LogP contribution is 2.47. The molecule has 0 aromatic carbocycles. The zero-order valence-corrected chi connectivity index (χ0v) is 12.0. The van der Waals surface area contributed by atoms with E-state index in [0.29, 0.717) is 38.0 Å². The number of nitrogens with one attached hydrogen (secondary N) is 2. The number of carboxylic acid groups (broad SMARTS) is 1. The lowest BCUT2D eigenvalue weighted by molar-refractivity contribution is -0.154. The first-order valence-electron chi connectivity index (χ1n) is 7.35. The summed E-state index contributed by atoms with van der Waals surface area (Å²) in [5.41, 5.74) is -0.585. The second kappa shape index (κ2) is 5.99. The van der Waals surface area contributed by atoms with Crippen LogP contribution in [0.25, 0.3) is 0 Å². The van der Waals surface area contributed by atoms with Crippen LogP contribution in [0.1, 0.15) is 39.0 Å². The zero-order chi connectivity index (χ0) is 14.6. The molecular weight excluding hydrogens is 260 g/mol. The van der Waals surface area contributed by atoms with Gasteiger partial charge in [-0.25, -0.2) is 4.79 Å². The van der Waals surface area contributed by atoms with E-state index in [9.17, 15) is 14.7 Å². The largest absolute Gasteiger partial charge is 0.481 e. The van der Waals surface area contributed by atoms with Crippen LogP contribution in [0, 0.1) is 10.8 Å². The molecule has 114 valence electrons. The summed E-state index contributed by atoms with van der Waals surface area (Å²) in [6.45, 7) is 3.85. The quantitative estimate of drug-likeness (QED) is 0.687. The minimum absolute atomic E-state index is 0.163. The van der Waals surface area contributed by atoms with E-state index in [1.807, 2.05) is 0 Å². The Hall–Kier alpha value is -1.30. The minimum Gasteiger partial charge on any atom is -0.481 e. The fourth-order valence-corrected chi connectivity index (χ4v) is 2.64. The van der Waals surface area contributed by atoms with Crippen molar-refractivity contribution in [2.24, 2.45) is 10.8 Å². The standard InChI is InChI=1S/C14H24N2O4/c1-2-13(3-4-13)9-15-12(19)16-10-14(11(17)18)5-7-20-8-6-14/h2-10H2,1H3,(H,17,18)(H2,15,16,19).